The fourth-order valence-corrected chi connectivity index (χ4v) is 10.8. The predicted octanol–water partition coefficient (Wildman–Crippen LogP) is 6.45. The number of thioether (sulfide) groups is 1. The maximum Gasteiger partial charge on any atom is 0.379 e. The number of nitrogens with one attached hydrogen (secondary N) is 2. The van der Waals surface area contributed by atoms with Gasteiger partial charge in [0.1, 0.15) is 29.7 Å². The SMILES string of the molecule is CCCCCON=C(C(=O)NOC(=O)C1=C(C=Cc2csc3c[n+](C)cn23)C2S[C@@H]3[C@@H]2C(=O)N13)c1nsc(NC(c2ccccc2)(c2ccccc2)c2ccccc2)n1. The van der Waals surface area contributed by atoms with Crippen LogP contribution in [0.25, 0.3) is 10.9 Å². The van der Waals surface area contributed by atoms with E-state index in [1.807, 2.05) is 96.3 Å². The highest BCUT2D eigenvalue weighted by Crippen LogP contribution is 2.62. The maximum absolute atomic E-state index is 13.9. The van der Waals surface area contributed by atoms with E-state index in [4.69, 9.17) is 14.7 Å². The van der Waals surface area contributed by atoms with Crippen LogP contribution in [0, 0.1) is 5.92 Å². The number of oxime groups is 1. The molecule has 2 saturated heterocycles. The van der Waals surface area contributed by atoms with Crippen molar-refractivity contribution in [3.8, 4) is 0 Å². The van der Waals surface area contributed by atoms with Gasteiger partial charge in [-0.05, 0) is 34.8 Å². The number of β-lactam (4-membered cyclic amide) rings is 1. The van der Waals surface area contributed by atoms with Crippen molar-refractivity contribution in [3.05, 3.63) is 154 Å². The summed E-state index contributed by atoms with van der Waals surface area (Å²) in [4.78, 5) is 59.2. The molecule has 3 aliphatic rings. The summed E-state index contributed by atoms with van der Waals surface area (Å²) >= 11 is 4.29. The summed E-state index contributed by atoms with van der Waals surface area (Å²) in [5.41, 5.74) is 5.68. The number of hydrogen-bond donors (Lipinski definition) is 2. The lowest BCUT2D eigenvalue weighted by atomic mass is 9.77. The molecule has 0 saturated carbocycles. The van der Waals surface area contributed by atoms with Crippen molar-refractivity contribution < 1.29 is 28.6 Å². The number of anilines is 1. The lowest BCUT2D eigenvalue weighted by Gasteiger charge is -2.62. The van der Waals surface area contributed by atoms with Crippen molar-refractivity contribution >= 4 is 74.2 Å². The van der Waals surface area contributed by atoms with Gasteiger partial charge in [-0.2, -0.15) is 19.2 Å². The molecule has 0 aliphatic carbocycles. The molecule has 16 heteroatoms. The summed E-state index contributed by atoms with van der Waals surface area (Å²) in [5.74, 6) is -2.08. The molecule has 13 nitrogen and oxygen atoms in total. The van der Waals surface area contributed by atoms with Gasteiger partial charge in [0.15, 0.2) is 0 Å². The summed E-state index contributed by atoms with van der Waals surface area (Å²) in [5, 5.41) is 9.95. The highest BCUT2D eigenvalue weighted by Gasteiger charge is 2.68. The lowest BCUT2D eigenvalue weighted by Crippen LogP contribution is -2.73. The van der Waals surface area contributed by atoms with Gasteiger partial charge in [0.05, 0.1) is 18.3 Å². The molecule has 59 heavy (non-hydrogen) atoms. The zero-order chi connectivity index (χ0) is 40.5. The number of imidazole rings is 1. The third kappa shape index (κ3) is 7.00. The van der Waals surface area contributed by atoms with Crippen LogP contribution in [0.2, 0.25) is 0 Å². The zero-order valence-corrected chi connectivity index (χ0v) is 34.5. The monoisotopic (exact) mass is 843 g/mol. The number of benzene rings is 3. The molecular formula is C43H39N8O5S3+. The molecule has 3 aliphatic heterocycles. The second-order valence-corrected chi connectivity index (χ2v) is 17.2. The molecule has 3 aromatic heterocycles. The van der Waals surface area contributed by atoms with Crippen LogP contribution in [0.4, 0.5) is 5.13 Å². The second kappa shape index (κ2) is 16.3. The first kappa shape index (κ1) is 38.4. The van der Waals surface area contributed by atoms with Crippen LogP contribution < -0.4 is 15.4 Å². The lowest BCUT2D eigenvalue weighted by molar-refractivity contribution is -0.669. The fraction of sp³-hybridized carbons (Fsp3) is 0.233. The minimum absolute atomic E-state index is 0.0240. The maximum atomic E-state index is 13.9. The number of fused-ring (bicyclic) bond motifs is 1. The molecule has 0 radical (unpaired) electrons. The average Bonchev–Trinajstić information content (AvgIpc) is 3.99. The Morgan fingerprint density at radius 3 is 2.29 bits per heavy atom. The Morgan fingerprint density at radius 1 is 0.966 bits per heavy atom. The highest BCUT2D eigenvalue weighted by atomic mass is 32.2. The molecule has 0 spiro atoms. The van der Waals surface area contributed by atoms with Crippen molar-refractivity contribution in [1.82, 2.24) is 24.1 Å². The van der Waals surface area contributed by atoms with Crippen LogP contribution >= 0.6 is 34.6 Å². The Morgan fingerprint density at radius 2 is 1.64 bits per heavy atom. The van der Waals surface area contributed by atoms with E-state index in [0.29, 0.717) is 10.7 Å². The van der Waals surface area contributed by atoms with Gasteiger partial charge >= 0.3 is 11.9 Å². The number of nitrogens with zero attached hydrogens (tertiary/aromatic N) is 6. The molecule has 4 bridgehead atoms. The topological polar surface area (TPSA) is 143 Å². The molecule has 298 valence electrons. The Balaban J connectivity index is 0.997. The van der Waals surface area contributed by atoms with Crippen molar-refractivity contribution in [1.29, 1.82) is 0 Å². The number of thiazole rings is 1. The summed E-state index contributed by atoms with van der Waals surface area (Å²) in [6.07, 6.45) is 10.4. The number of hydroxylamine groups is 1. The van der Waals surface area contributed by atoms with E-state index in [0.717, 1.165) is 58.0 Å². The third-order valence-electron chi connectivity index (χ3n) is 10.6. The van der Waals surface area contributed by atoms with Crippen LogP contribution in [0.1, 0.15) is 54.4 Å². The largest absolute Gasteiger partial charge is 0.395 e. The van der Waals surface area contributed by atoms with Crippen molar-refractivity contribution in [2.45, 2.75) is 42.3 Å². The Labute approximate surface area is 352 Å². The van der Waals surface area contributed by atoms with E-state index in [9.17, 15) is 14.4 Å². The molecule has 2 N–H and O–H groups in total. The molecule has 2 amide bonds. The van der Waals surface area contributed by atoms with Gasteiger partial charge < -0.3 is 15.0 Å². The first-order chi connectivity index (χ1) is 28.9. The smallest absolute Gasteiger partial charge is 0.379 e. The number of carbonyl (C=O) groups is 3. The summed E-state index contributed by atoms with van der Waals surface area (Å²) < 4.78 is 8.57. The summed E-state index contributed by atoms with van der Waals surface area (Å²) in [6.45, 7) is 2.34. The van der Waals surface area contributed by atoms with Crippen LogP contribution in [-0.4, -0.2) is 59.4 Å². The molecule has 1 unspecified atom stereocenters. The van der Waals surface area contributed by atoms with Crippen LogP contribution in [0.3, 0.4) is 0 Å². The predicted molar refractivity (Wildman–Crippen MR) is 227 cm³/mol. The van der Waals surface area contributed by atoms with Gasteiger partial charge in [-0.15, -0.1) is 11.8 Å². The van der Waals surface area contributed by atoms with E-state index < -0.39 is 17.4 Å². The molecule has 2 fully saturated rings. The number of aryl methyl sites for hydroxylation is 1. The van der Waals surface area contributed by atoms with Gasteiger partial charge in [0, 0.05) is 22.2 Å². The first-order valence-electron chi connectivity index (χ1n) is 19.2. The molecule has 3 atom stereocenters. The number of aromatic nitrogens is 4. The number of unbranched alkanes of at least 4 members (excludes halogenated alkanes) is 2. The third-order valence-corrected chi connectivity index (χ3v) is 13.7. The number of amides is 2. The Hall–Kier alpha value is -6.10. The Kier molecular flexibility index (Phi) is 10.6. The Bertz CT molecular complexity index is 2530. The number of rotatable bonds is 15. The normalized spacial score (nSPS) is 18.5. The molecule has 3 aromatic carbocycles. The van der Waals surface area contributed by atoms with Crippen molar-refractivity contribution in [2.24, 2.45) is 18.1 Å². The van der Waals surface area contributed by atoms with E-state index in [2.05, 4.69) is 68.0 Å². The fourth-order valence-electron chi connectivity index (χ4n) is 7.70. The van der Waals surface area contributed by atoms with E-state index in [1.54, 1.807) is 23.1 Å². The summed E-state index contributed by atoms with van der Waals surface area (Å²) in [6, 6.07) is 30.1. The number of allylic oxidation sites excluding steroid dienone is 1. The average molecular weight is 844 g/mol. The van der Waals surface area contributed by atoms with Gasteiger partial charge in [-0.25, -0.2) is 9.36 Å². The quantitative estimate of drug-likeness (QED) is 0.0298. The van der Waals surface area contributed by atoms with Gasteiger partial charge in [-0.3, -0.25) is 14.5 Å². The minimum atomic E-state index is -0.895. The molecular weight excluding hydrogens is 805 g/mol. The van der Waals surface area contributed by atoms with E-state index >= 15 is 0 Å². The first-order valence-corrected chi connectivity index (χ1v) is 21.8. The standard InChI is InChI=1S/C43H38N8O5S3/c1-3-4-14-23-55-46-34(37-44-42(59-48-37)45-43(27-15-8-5-9-16-27,28-17-10-6-11-18-28)29-19-12-7-13-20-29)38(52)47-56-41(54)35-31(36-33-39(53)51(35)40(33)58-36)22-21-30-25-57-32-24-49(2)26-50(30)32/h5-13,15-22,24-26,33,36,40H,3-4,14,23H2,1-2H3,(H-,44,45,47,48,52)/p+1/t33-,36?,40+/m0/s1. The van der Waals surface area contributed by atoms with Gasteiger partial charge in [0.25, 0.3) is 0 Å². The highest BCUT2D eigenvalue weighted by molar-refractivity contribution is 8.02. The number of carbonyl (C=O) groups excluding carboxylic acids is 3. The molecule has 6 aromatic rings. The molecule has 6 heterocycles. The van der Waals surface area contributed by atoms with Crippen LogP contribution in [0.15, 0.2) is 131 Å². The minimum Gasteiger partial charge on any atom is -0.395 e. The number of hydrogen-bond acceptors (Lipinski definition) is 12. The van der Waals surface area contributed by atoms with Crippen LogP contribution in [0.5, 0.6) is 0 Å². The van der Waals surface area contributed by atoms with E-state index in [1.165, 1.54) is 4.90 Å². The van der Waals surface area contributed by atoms with Gasteiger partial charge in [-0.1, -0.05) is 133 Å². The second-order valence-electron chi connectivity index (χ2n) is 14.3. The van der Waals surface area contributed by atoms with E-state index in [-0.39, 0.29) is 46.3 Å². The van der Waals surface area contributed by atoms with Crippen molar-refractivity contribution in [3.63, 3.8) is 0 Å². The van der Waals surface area contributed by atoms with Crippen molar-refractivity contribution in [2.75, 3.05) is 11.9 Å². The zero-order valence-electron chi connectivity index (χ0n) is 32.1. The van der Waals surface area contributed by atoms with Crippen LogP contribution in [-0.2, 0) is 36.6 Å². The molecule has 9 rings (SSSR count). The summed E-state index contributed by atoms with van der Waals surface area (Å²) in [7, 11) is 1.96. The van der Waals surface area contributed by atoms with Gasteiger partial charge in [0.2, 0.25) is 33.7 Å².